The maximum atomic E-state index is 6.14. The van der Waals surface area contributed by atoms with Gasteiger partial charge in [-0.2, -0.15) is 0 Å². The number of nitrogens with zero attached hydrogens (tertiary/aromatic N) is 1. The molecule has 2 nitrogen and oxygen atoms in total. The van der Waals surface area contributed by atoms with Crippen molar-refractivity contribution in [3.05, 3.63) is 50.9 Å². The van der Waals surface area contributed by atoms with Crippen LogP contribution in [0.25, 0.3) is 0 Å². The molecule has 0 amide bonds. The number of hydrogen-bond acceptors (Lipinski definition) is 3. The summed E-state index contributed by atoms with van der Waals surface area (Å²) in [4.78, 5) is 6.93. The molecule has 4 heteroatoms. The zero-order chi connectivity index (χ0) is 12.3. The first-order valence-corrected chi connectivity index (χ1v) is 6.83. The van der Waals surface area contributed by atoms with E-state index in [4.69, 9.17) is 17.3 Å². The average molecular weight is 267 g/mol. The molecule has 1 atom stereocenters. The minimum atomic E-state index is -0.132. The second-order valence-electron chi connectivity index (χ2n) is 3.90. The summed E-state index contributed by atoms with van der Waals surface area (Å²) in [5.41, 5.74) is 6.92. The van der Waals surface area contributed by atoms with Crippen LogP contribution in [0.1, 0.15) is 28.4 Å². The molecule has 17 heavy (non-hydrogen) atoms. The molecule has 90 valence electrons. The quantitative estimate of drug-likeness (QED) is 0.918. The third-order valence-electron chi connectivity index (χ3n) is 2.63. The lowest BCUT2D eigenvalue weighted by Crippen LogP contribution is -2.14. The lowest BCUT2D eigenvalue weighted by atomic mass is 10.1. The summed E-state index contributed by atoms with van der Waals surface area (Å²) in [5, 5.41) is 0.646. The smallest absolute Gasteiger partial charge is 0.0760 e. The number of hydrogen-bond donors (Lipinski definition) is 1. The molecule has 2 N–H and O–H groups in total. The van der Waals surface area contributed by atoms with Gasteiger partial charge in [-0.15, -0.1) is 11.3 Å². The van der Waals surface area contributed by atoms with Gasteiger partial charge in [0, 0.05) is 22.4 Å². The molecule has 0 bridgehead atoms. The van der Waals surface area contributed by atoms with Crippen LogP contribution in [0.3, 0.4) is 0 Å². The second-order valence-corrected chi connectivity index (χ2v) is 5.56. The molecule has 0 radical (unpaired) electrons. The third-order valence-corrected chi connectivity index (χ3v) is 4.20. The highest BCUT2D eigenvalue weighted by atomic mass is 35.5. The van der Waals surface area contributed by atoms with Crippen LogP contribution in [-0.2, 0) is 12.8 Å². The number of thiophene rings is 1. The minimum Gasteiger partial charge on any atom is -0.322 e. The van der Waals surface area contributed by atoms with E-state index in [1.165, 1.54) is 9.75 Å². The molecular weight excluding hydrogens is 252 g/mol. The number of pyridine rings is 1. The molecular formula is C13H15ClN2S. The normalized spacial score (nSPS) is 12.6. The first kappa shape index (κ1) is 12.6. The highest BCUT2D eigenvalue weighted by Crippen LogP contribution is 2.25. The summed E-state index contributed by atoms with van der Waals surface area (Å²) in [6, 6.07) is 7.81. The van der Waals surface area contributed by atoms with Crippen molar-refractivity contribution < 1.29 is 0 Å². The van der Waals surface area contributed by atoms with E-state index in [1.54, 1.807) is 6.20 Å². The monoisotopic (exact) mass is 266 g/mol. The molecule has 0 aliphatic heterocycles. The van der Waals surface area contributed by atoms with Crippen LogP contribution in [0.5, 0.6) is 0 Å². The summed E-state index contributed by atoms with van der Waals surface area (Å²) in [6.45, 7) is 2.16. The van der Waals surface area contributed by atoms with Crippen molar-refractivity contribution in [3.8, 4) is 0 Å². The van der Waals surface area contributed by atoms with Gasteiger partial charge in [-0.25, -0.2) is 0 Å². The van der Waals surface area contributed by atoms with E-state index in [2.05, 4.69) is 24.0 Å². The van der Waals surface area contributed by atoms with E-state index in [9.17, 15) is 0 Å². The highest BCUT2D eigenvalue weighted by Gasteiger charge is 2.13. The van der Waals surface area contributed by atoms with E-state index in [0.717, 1.165) is 18.5 Å². The molecule has 2 aromatic rings. The molecule has 0 saturated carbocycles. The Bertz CT molecular complexity index is 496. The van der Waals surface area contributed by atoms with E-state index in [1.807, 2.05) is 23.5 Å². The van der Waals surface area contributed by atoms with Crippen molar-refractivity contribution in [3.63, 3.8) is 0 Å². The zero-order valence-corrected chi connectivity index (χ0v) is 11.3. The first-order chi connectivity index (χ1) is 8.20. The van der Waals surface area contributed by atoms with E-state index in [-0.39, 0.29) is 6.04 Å². The largest absolute Gasteiger partial charge is 0.322 e. The fourth-order valence-corrected chi connectivity index (χ4v) is 2.98. The number of rotatable bonds is 4. The molecule has 0 spiro atoms. The van der Waals surface area contributed by atoms with Crippen molar-refractivity contribution in [1.82, 2.24) is 4.98 Å². The molecule has 2 aromatic heterocycles. The topological polar surface area (TPSA) is 38.9 Å². The summed E-state index contributed by atoms with van der Waals surface area (Å²) in [5.74, 6) is 0. The Morgan fingerprint density at radius 1 is 1.35 bits per heavy atom. The van der Waals surface area contributed by atoms with E-state index in [0.29, 0.717) is 5.02 Å². The Morgan fingerprint density at radius 2 is 2.12 bits per heavy atom. The van der Waals surface area contributed by atoms with Crippen LogP contribution >= 0.6 is 22.9 Å². The van der Waals surface area contributed by atoms with Crippen LogP contribution in [0.15, 0.2) is 30.5 Å². The summed E-state index contributed by atoms with van der Waals surface area (Å²) < 4.78 is 0. The zero-order valence-electron chi connectivity index (χ0n) is 9.69. The van der Waals surface area contributed by atoms with Crippen molar-refractivity contribution in [1.29, 1.82) is 0 Å². The van der Waals surface area contributed by atoms with Gasteiger partial charge in [0.15, 0.2) is 0 Å². The average Bonchev–Trinajstić information content (AvgIpc) is 2.77. The predicted molar refractivity (Wildman–Crippen MR) is 73.6 cm³/mol. The number of aryl methyl sites for hydroxylation is 1. The molecule has 1 unspecified atom stereocenters. The third kappa shape index (κ3) is 3.06. The lowest BCUT2D eigenvalue weighted by Gasteiger charge is -2.10. The van der Waals surface area contributed by atoms with Gasteiger partial charge in [0.05, 0.1) is 16.8 Å². The Morgan fingerprint density at radius 3 is 2.76 bits per heavy atom. The van der Waals surface area contributed by atoms with Gasteiger partial charge < -0.3 is 5.73 Å². The summed E-state index contributed by atoms with van der Waals surface area (Å²) in [7, 11) is 0. The highest BCUT2D eigenvalue weighted by molar-refractivity contribution is 7.11. The lowest BCUT2D eigenvalue weighted by molar-refractivity contribution is 0.704. The van der Waals surface area contributed by atoms with Gasteiger partial charge >= 0.3 is 0 Å². The number of nitrogens with two attached hydrogens (primary N) is 1. The number of halogens is 1. The van der Waals surface area contributed by atoms with Gasteiger partial charge in [-0.05, 0) is 30.7 Å². The molecule has 0 aliphatic rings. The van der Waals surface area contributed by atoms with Crippen LogP contribution in [0.4, 0.5) is 0 Å². The fourth-order valence-electron chi connectivity index (χ4n) is 1.71. The first-order valence-electron chi connectivity index (χ1n) is 5.64. The maximum Gasteiger partial charge on any atom is 0.0760 e. The predicted octanol–water partition coefficient (Wildman–Crippen LogP) is 3.60. The van der Waals surface area contributed by atoms with Gasteiger partial charge in [0.25, 0.3) is 0 Å². The molecule has 2 rings (SSSR count). The molecule has 0 saturated heterocycles. The molecule has 0 aliphatic carbocycles. The van der Waals surface area contributed by atoms with Crippen molar-refractivity contribution in [2.45, 2.75) is 25.8 Å². The van der Waals surface area contributed by atoms with E-state index < -0.39 is 0 Å². The Labute approximate surface area is 110 Å². The van der Waals surface area contributed by atoms with Gasteiger partial charge in [0.2, 0.25) is 0 Å². The van der Waals surface area contributed by atoms with Crippen molar-refractivity contribution >= 4 is 22.9 Å². The SMILES string of the molecule is CCc1ccc(CC(N)c2ncccc2Cl)s1. The van der Waals surface area contributed by atoms with Crippen LogP contribution in [-0.4, -0.2) is 4.98 Å². The minimum absolute atomic E-state index is 0.132. The van der Waals surface area contributed by atoms with Crippen LogP contribution in [0, 0.1) is 0 Å². The summed E-state index contributed by atoms with van der Waals surface area (Å²) in [6.07, 6.45) is 3.60. The second kappa shape index (κ2) is 5.63. The van der Waals surface area contributed by atoms with Gasteiger partial charge in [-0.1, -0.05) is 18.5 Å². The van der Waals surface area contributed by atoms with Gasteiger partial charge in [0.1, 0.15) is 0 Å². The van der Waals surface area contributed by atoms with E-state index >= 15 is 0 Å². The maximum absolute atomic E-state index is 6.14. The molecule has 0 fully saturated rings. The summed E-state index contributed by atoms with van der Waals surface area (Å²) >= 11 is 7.89. The Hall–Kier alpha value is -0.900. The Kier molecular flexibility index (Phi) is 4.15. The molecule has 2 heterocycles. The standard InChI is InChI=1S/C13H15ClN2S/c1-2-9-5-6-10(17-9)8-12(15)13-11(14)4-3-7-16-13/h3-7,12H,2,8,15H2,1H3. The molecule has 0 aromatic carbocycles. The Balaban J connectivity index is 2.11. The van der Waals surface area contributed by atoms with Crippen molar-refractivity contribution in [2.75, 3.05) is 0 Å². The fraction of sp³-hybridized carbons (Fsp3) is 0.308. The number of aromatic nitrogens is 1. The van der Waals surface area contributed by atoms with Crippen LogP contribution in [0.2, 0.25) is 5.02 Å². The van der Waals surface area contributed by atoms with Crippen LogP contribution < -0.4 is 5.73 Å². The van der Waals surface area contributed by atoms with Gasteiger partial charge in [-0.3, -0.25) is 4.98 Å². The van der Waals surface area contributed by atoms with Crippen molar-refractivity contribution in [2.24, 2.45) is 5.73 Å².